The molecule has 17 heavy (non-hydrogen) atoms. The number of nitrogens with one attached hydrogen (secondary N) is 1. The molecule has 1 aliphatic heterocycles. The van der Waals surface area contributed by atoms with Crippen molar-refractivity contribution in [3.63, 3.8) is 0 Å². The van der Waals surface area contributed by atoms with Gasteiger partial charge in [0.2, 0.25) is 0 Å². The van der Waals surface area contributed by atoms with Crippen molar-refractivity contribution in [1.29, 1.82) is 0 Å². The zero-order valence-corrected chi connectivity index (χ0v) is 11.4. The van der Waals surface area contributed by atoms with Crippen LogP contribution in [-0.4, -0.2) is 31.1 Å². The van der Waals surface area contributed by atoms with Gasteiger partial charge in [0.1, 0.15) is 0 Å². The van der Waals surface area contributed by atoms with Crippen molar-refractivity contribution in [2.75, 3.05) is 20.1 Å². The van der Waals surface area contributed by atoms with Gasteiger partial charge >= 0.3 is 0 Å². The quantitative estimate of drug-likeness (QED) is 0.842. The predicted molar refractivity (Wildman–Crippen MR) is 73.1 cm³/mol. The molecule has 1 saturated heterocycles. The van der Waals surface area contributed by atoms with E-state index in [0.717, 1.165) is 13.1 Å². The van der Waals surface area contributed by atoms with E-state index in [1.807, 2.05) is 0 Å². The molecule has 1 heterocycles. The molecule has 2 nitrogen and oxygen atoms in total. The molecule has 0 amide bonds. The van der Waals surface area contributed by atoms with E-state index in [-0.39, 0.29) is 5.54 Å². The van der Waals surface area contributed by atoms with Crippen LogP contribution in [0.4, 0.5) is 0 Å². The monoisotopic (exact) mass is 232 g/mol. The van der Waals surface area contributed by atoms with Crippen molar-refractivity contribution in [3.8, 4) is 0 Å². The second-order valence-electron chi connectivity index (χ2n) is 5.81. The minimum Gasteiger partial charge on any atom is -0.305 e. The van der Waals surface area contributed by atoms with Gasteiger partial charge in [-0.25, -0.2) is 0 Å². The Kier molecular flexibility index (Phi) is 3.55. The summed E-state index contributed by atoms with van der Waals surface area (Å²) in [6, 6.07) is 11.4. The summed E-state index contributed by atoms with van der Waals surface area (Å²) in [5.41, 5.74) is 1.47. The molecule has 0 aromatic heterocycles. The van der Waals surface area contributed by atoms with E-state index in [4.69, 9.17) is 0 Å². The number of benzene rings is 1. The third-order valence-corrected chi connectivity index (χ3v) is 4.01. The average molecular weight is 232 g/mol. The minimum atomic E-state index is 0.0847. The van der Waals surface area contributed by atoms with Crippen LogP contribution in [0.3, 0.4) is 0 Å². The van der Waals surface area contributed by atoms with Gasteiger partial charge in [0.05, 0.1) is 5.54 Å². The molecule has 0 spiro atoms. The molecule has 0 saturated carbocycles. The van der Waals surface area contributed by atoms with Crippen LogP contribution in [-0.2, 0) is 5.54 Å². The van der Waals surface area contributed by atoms with E-state index in [9.17, 15) is 0 Å². The zero-order valence-electron chi connectivity index (χ0n) is 11.4. The number of likely N-dealkylation sites (N-methyl/N-ethyl adjacent to an activating group) is 1. The third kappa shape index (κ3) is 2.53. The standard InChI is InChI=1S/C15H24N2/c1-12(2)14-10-16-15(3,11-17(14)4)13-8-6-5-7-9-13/h5-9,12,14,16H,10-11H2,1-4H3. The summed E-state index contributed by atoms with van der Waals surface area (Å²) < 4.78 is 0. The number of rotatable bonds is 2. The molecule has 1 aromatic rings. The molecular weight excluding hydrogens is 208 g/mol. The third-order valence-electron chi connectivity index (χ3n) is 4.01. The molecule has 94 valence electrons. The van der Waals surface area contributed by atoms with Gasteiger partial charge in [-0.1, -0.05) is 44.2 Å². The predicted octanol–water partition coefficient (Wildman–Crippen LogP) is 2.46. The summed E-state index contributed by atoms with van der Waals surface area (Å²) >= 11 is 0. The number of hydrogen-bond donors (Lipinski definition) is 1. The smallest absolute Gasteiger partial charge is 0.0535 e. The molecule has 2 heteroatoms. The highest BCUT2D eigenvalue weighted by Crippen LogP contribution is 2.27. The van der Waals surface area contributed by atoms with E-state index >= 15 is 0 Å². The Hall–Kier alpha value is -0.860. The highest BCUT2D eigenvalue weighted by Gasteiger charge is 2.35. The molecule has 0 bridgehead atoms. The number of hydrogen-bond acceptors (Lipinski definition) is 2. The largest absolute Gasteiger partial charge is 0.305 e. The maximum absolute atomic E-state index is 3.73. The summed E-state index contributed by atoms with van der Waals surface area (Å²) in [5.74, 6) is 0.702. The van der Waals surface area contributed by atoms with Gasteiger partial charge in [0, 0.05) is 19.1 Å². The molecule has 1 N–H and O–H groups in total. The van der Waals surface area contributed by atoms with E-state index in [2.05, 4.69) is 68.4 Å². The fraction of sp³-hybridized carbons (Fsp3) is 0.600. The molecule has 1 fully saturated rings. The minimum absolute atomic E-state index is 0.0847. The fourth-order valence-electron chi connectivity index (χ4n) is 2.90. The van der Waals surface area contributed by atoms with Crippen LogP contribution in [0.25, 0.3) is 0 Å². The van der Waals surface area contributed by atoms with Crippen molar-refractivity contribution < 1.29 is 0 Å². The maximum atomic E-state index is 3.73. The molecule has 2 atom stereocenters. The molecule has 1 aliphatic rings. The van der Waals surface area contributed by atoms with Crippen LogP contribution in [0.2, 0.25) is 0 Å². The molecule has 2 unspecified atom stereocenters. The summed E-state index contributed by atoms with van der Waals surface area (Å²) in [6.45, 7) is 9.04. The van der Waals surface area contributed by atoms with Crippen molar-refractivity contribution in [1.82, 2.24) is 10.2 Å². The first-order valence-corrected chi connectivity index (χ1v) is 6.54. The molecule has 0 aliphatic carbocycles. The van der Waals surface area contributed by atoms with Gasteiger partial charge in [-0.3, -0.25) is 4.90 Å². The van der Waals surface area contributed by atoms with E-state index in [0.29, 0.717) is 12.0 Å². The van der Waals surface area contributed by atoms with Gasteiger partial charge in [-0.2, -0.15) is 0 Å². The summed E-state index contributed by atoms with van der Waals surface area (Å²) in [6.07, 6.45) is 0. The SMILES string of the molecule is CC(C)C1CNC(C)(c2ccccc2)CN1C. The first kappa shape index (κ1) is 12.6. The Morgan fingerprint density at radius 3 is 2.47 bits per heavy atom. The fourth-order valence-corrected chi connectivity index (χ4v) is 2.90. The maximum Gasteiger partial charge on any atom is 0.0535 e. The summed E-state index contributed by atoms with van der Waals surface area (Å²) in [5, 5.41) is 3.73. The lowest BCUT2D eigenvalue weighted by Gasteiger charge is -2.46. The summed E-state index contributed by atoms with van der Waals surface area (Å²) in [4.78, 5) is 2.49. The first-order chi connectivity index (χ1) is 8.03. The number of nitrogens with zero attached hydrogens (tertiary/aromatic N) is 1. The van der Waals surface area contributed by atoms with Crippen LogP contribution < -0.4 is 5.32 Å². The van der Waals surface area contributed by atoms with Crippen molar-refractivity contribution >= 4 is 0 Å². The van der Waals surface area contributed by atoms with E-state index < -0.39 is 0 Å². The molecule has 1 aromatic carbocycles. The average Bonchev–Trinajstić information content (AvgIpc) is 2.29. The normalized spacial score (nSPS) is 30.8. The van der Waals surface area contributed by atoms with Crippen molar-refractivity contribution in [3.05, 3.63) is 35.9 Å². The Labute approximate surface area is 105 Å². The van der Waals surface area contributed by atoms with Gasteiger partial charge in [0.15, 0.2) is 0 Å². The lowest BCUT2D eigenvalue weighted by Crippen LogP contribution is -2.61. The van der Waals surface area contributed by atoms with E-state index in [1.54, 1.807) is 0 Å². The van der Waals surface area contributed by atoms with Crippen LogP contribution in [0.15, 0.2) is 30.3 Å². The topological polar surface area (TPSA) is 15.3 Å². The highest BCUT2D eigenvalue weighted by molar-refractivity contribution is 5.25. The first-order valence-electron chi connectivity index (χ1n) is 6.54. The van der Waals surface area contributed by atoms with Gasteiger partial charge in [-0.15, -0.1) is 0 Å². The van der Waals surface area contributed by atoms with Crippen molar-refractivity contribution in [2.24, 2.45) is 5.92 Å². The van der Waals surface area contributed by atoms with Gasteiger partial charge < -0.3 is 5.32 Å². The lowest BCUT2D eigenvalue weighted by molar-refractivity contribution is 0.0851. The second-order valence-corrected chi connectivity index (χ2v) is 5.81. The van der Waals surface area contributed by atoms with Crippen LogP contribution in [0.5, 0.6) is 0 Å². The molecule has 0 radical (unpaired) electrons. The van der Waals surface area contributed by atoms with Gasteiger partial charge in [0.25, 0.3) is 0 Å². The lowest BCUT2D eigenvalue weighted by atomic mass is 9.86. The molecular formula is C15H24N2. The van der Waals surface area contributed by atoms with Crippen LogP contribution >= 0.6 is 0 Å². The van der Waals surface area contributed by atoms with Gasteiger partial charge in [-0.05, 0) is 25.5 Å². The Bertz CT molecular complexity index is 360. The van der Waals surface area contributed by atoms with Crippen LogP contribution in [0, 0.1) is 5.92 Å². The Morgan fingerprint density at radius 2 is 1.94 bits per heavy atom. The van der Waals surface area contributed by atoms with Crippen molar-refractivity contribution in [2.45, 2.75) is 32.4 Å². The zero-order chi connectivity index (χ0) is 12.5. The molecule has 2 rings (SSSR count). The Balaban J connectivity index is 2.15. The Morgan fingerprint density at radius 1 is 1.29 bits per heavy atom. The second kappa shape index (κ2) is 4.79. The summed E-state index contributed by atoms with van der Waals surface area (Å²) in [7, 11) is 2.24. The van der Waals surface area contributed by atoms with Crippen LogP contribution in [0.1, 0.15) is 26.3 Å². The highest BCUT2D eigenvalue weighted by atomic mass is 15.2. The van der Waals surface area contributed by atoms with E-state index in [1.165, 1.54) is 5.56 Å². The number of piperazine rings is 1.